The van der Waals surface area contributed by atoms with E-state index >= 15 is 0 Å². The van der Waals surface area contributed by atoms with Crippen molar-refractivity contribution in [1.82, 2.24) is 30.3 Å². The molecule has 3 atom stereocenters. The molecule has 2 aliphatic heterocycles. The van der Waals surface area contributed by atoms with Crippen LogP contribution in [0, 0.1) is 11.8 Å². The number of aromatic nitrogens is 1. The highest BCUT2D eigenvalue weighted by atomic mass is 16.4. The Morgan fingerprint density at radius 2 is 1.53 bits per heavy atom. The number of Topliss-reactive ketones (excluding diaryl/α,β-unsaturated/α-hetero) is 1. The average Bonchev–Trinajstić information content (AvgIpc) is 3.65. The number of oxazole rings is 1. The highest BCUT2D eigenvalue weighted by Gasteiger charge is 2.41. The van der Waals surface area contributed by atoms with E-state index in [4.69, 9.17) is 9.52 Å². The summed E-state index contributed by atoms with van der Waals surface area (Å²) >= 11 is 0. The summed E-state index contributed by atoms with van der Waals surface area (Å²) in [7, 11) is 0. The molecular formula is C30H38N6O9. The number of benzene rings is 1. The van der Waals surface area contributed by atoms with E-state index in [1.165, 1.54) is 4.90 Å². The molecule has 0 bridgehead atoms. The molecule has 0 radical (unpaired) electrons. The van der Waals surface area contributed by atoms with E-state index in [0.29, 0.717) is 23.9 Å². The molecule has 4 rings (SSSR count). The molecular weight excluding hydrogens is 588 g/mol. The van der Waals surface area contributed by atoms with Crippen LogP contribution < -0.4 is 10.6 Å². The molecule has 3 heterocycles. The van der Waals surface area contributed by atoms with E-state index in [2.05, 4.69) is 15.6 Å². The Labute approximate surface area is 259 Å². The van der Waals surface area contributed by atoms with E-state index in [0.717, 1.165) is 9.80 Å². The smallest absolute Gasteiger partial charge is 0.323 e. The fraction of sp³-hybridized carbons (Fsp3) is 0.533. The molecule has 2 aliphatic rings. The highest BCUT2D eigenvalue weighted by molar-refractivity contribution is 6.36. The molecule has 15 nitrogen and oxygen atoms in total. The number of ketones is 1. The molecule has 3 N–H and O–H groups in total. The van der Waals surface area contributed by atoms with E-state index in [1.54, 1.807) is 52.0 Å². The number of likely N-dealkylation sites (tertiary alicyclic amines) is 1. The number of carbonyl (C=O) groups excluding carboxylic acids is 6. The minimum atomic E-state index is -1.26. The number of nitrogens with zero attached hydrogens (tertiary/aromatic N) is 4. The monoisotopic (exact) mass is 626 g/mol. The Morgan fingerprint density at radius 3 is 2.13 bits per heavy atom. The van der Waals surface area contributed by atoms with Crippen LogP contribution in [0.3, 0.4) is 0 Å². The summed E-state index contributed by atoms with van der Waals surface area (Å²) in [6.45, 7) is 6.05. The van der Waals surface area contributed by atoms with Gasteiger partial charge >= 0.3 is 17.8 Å². The summed E-state index contributed by atoms with van der Waals surface area (Å²) in [6, 6.07) is 4.05. The third kappa shape index (κ3) is 7.46. The van der Waals surface area contributed by atoms with Gasteiger partial charge in [-0.15, -0.1) is 0 Å². The Bertz CT molecular complexity index is 1470. The lowest BCUT2D eigenvalue weighted by Crippen LogP contribution is -2.60. The van der Waals surface area contributed by atoms with Gasteiger partial charge in [-0.05, 0) is 36.8 Å². The predicted molar refractivity (Wildman–Crippen MR) is 157 cm³/mol. The first-order chi connectivity index (χ1) is 21.3. The van der Waals surface area contributed by atoms with Crippen LogP contribution >= 0.6 is 0 Å². The normalized spacial score (nSPS) is 18.4. The molecule has 2 aromatic rings. The number of piperazine rings is 1. The maximum atomic E-state index is 13.7. The Hall–Kier alpha value is -4.82. The lowest BCUT2D eigenvalue weighted by molar-refractivity contribution is -0.159. The first-order valence-corrected chi connectivity index (χ1v) is 14.9. The van der Waals surface area contributed by atoms with E-state index in [9.17, 15) is 33.6 Å². The number of amides is 5. The van der Waals surface area contributed by atoms with Gasteiger partial charge < -0.3 is 34.9 Å². The number of hydrogen-bond acceptors (Lipinski definition) is 9. The SMILES string of the molecule is CC(C)[C@H](NC(=O)[C@@H]1CCCN1C(=O)[C@@H](NC(=O)CN1CCN(CC(=O)O)C(=O)C1=O)C(C)C)C(=O)c1nc2ccccc2o1. The molecule has 0 saturated carbocycles. The minimum absolute atomic E-state index is 0.0424. The molecule has 45 heavy (non-hydrogen) atoms. The number of carboxylic acids is 1. The van der Waals surface area contributed by atoms with Crippen molar-refractivity contribution in [1.29, 1.82) is 0 Å². The van der Waals surface area contributed by atoms with Crippen molar-refractivity contribution in [3.05, 3.63) is 30.2 Å². The van der Waals surface area contributed by atoms with Gasteiger partial charge in [-0.1, -0.05) is 39.8 Å². The molecule has 0 aliphatic carbocycles. The largest absolute Gasteiger partial charge is 0.480 e. The van der Waals surface area contributed by atoms with Gasteiger partial charge in [0.2, 0.25) is 23.5 Å². The molecule has 0 unspecified atom stereocenters. The molecule has 5 amide bonds. The third-order valence-corrected chi connectivity index (χ3v) is 7.90. The third-order valence-electron chi connectivity index (χ3n) is 7.90. The van der Waals surface area contributed by atoms with Gasteiger partial charge in [0.15, 0.2) is 5.58 Å². The average molecular weight is 627 g/mol. The second kappa shape index (κ2) is 13.9. The second-order valence-electron chi connectivity index (χ2n) is 11.9. The number of para-hydroxylation sites is 2. The van der Waals surface area contributed by atoms with E-state index < -0.39 is 72.5 Å². The summed E-state index contributed by atoms with van der Waals surface area (Å²) in [5, 5.41) is 14.4. The van der Waals surface area contributed by atoms with Crippen LogP contribution in [0.5, 0.6) is 0 Å². The highest BCUT2D eigenvalue weighted by Crippen LogP contribution is 2.22. The van der Waals surface area contributed by atoms with Gasteiger partial charge in [-0.2, -0.15) is 0 Å². The molecule has 1 aromatic heterocycles. The molecule has 242 valence electrons. The summed E-state index contributed by atoms with van der Waals surface area (Å²) in [4.78, 5) is 96.7. The predicted octanol–water partition coefficient (Wildman–Crippen LogP) is 0.0385. The zero-order valence-corrected chi connectivity index (χ0v) is 25.6. The maximum Gasteiger partial charge on any atom is 0.323 e. The van der Waals surface area contributed by atoms with Gasteiger partial charge in [-0.3, -0.25) is 33.6 Å². The van der Waals surface area contributed by atoms with Crippen LogP contribution in [0.2, 0.25) is 0 Å². The van der Waals surface area contributed by atoms with Crippen LogP contribution in [0.25, 0.3) is 11.1 Å². The standard InChI is InChI=1S/C30H38N6O9/c1-16(2)23(25(40)27-31-18-8-5-6-10-20(18)45-27)33-26(41)19-9-7-11-36(19)28(42)24(17(3)4)32-21(37)14-34-12-13-35(15-22(38)39)30(44)29(34)43/h5-6,8,10,16-17,19,23-24H,7,9,11-15H2,1-4H3,(H,32,37)(H,33,41)(H,38,39)/t19-,23-,24-/m0/s1. The number of carbonyl (C=O) groups is 7. The van der Waals surface area contributed by atoms with Gasteiger partial charge in [0, 0.05) is 19.6 Å². The van der Waals surface area contributed by atoms with Crippen LogP contribution in [-0.2, 0) is 28.8 Å². The zero-order chi connectivity index (χ0) is 33.0. The number of fused-ring (bicyclic) bond motifs is 1. The van der Waals surface area contributed by atoms with Crippen molar-refractivity contribution in [2.24, 2.45) is 11.8 Å². The minimum Gasteiger partial charge on any atom is -0.480 e. The Morgan fingerprint density at radius 1 is 0.911 bits per heavy atom. The van der Waals surface area contributed by atoms with Crippen LogP contribution in [0.1, 0.15) is 51.2 Å². The van der Waals surface area contributed by atoms with Crippen LogP contribution in [0.4, 0.5) is 0 Å². The number of hydrogen-bond donors (Lipinski definition) is 3. The van der Waals surface area contributed by atoms with Crippen LogP contribution in [0.15, 0.2) is 28.7 Å². The van der Waals surface area contributed by atoms with Crippen molar-refractivity contribution < 1.29 is 43.1 Å². The zero-order valence-electron chi connectivity index (χ0n) is 25.6. The summed E-state index contributed by atoms with van der Waals surface area (Å²) in [6.07, 6.45) is 0.890. The lowest BCUT2D eigenvalue weighted by atomic mass is 9.98. The maximum absolute atomic E-state index is 13.7. The van der Waals surface area contributed by atoms with Crippen molar-refractivity contribution in [2.45, 2.75) is 58.7 Å². The Balaban J connectivity index is 1.40. The summed E-state index contributed by atoms with van der Waals surface area (Å²) in [5.74, 6) is -6.29. The van der Waals surface area contributed by atoms with E-state index in [1.807, 2.05) is 0 Å². The van der Waals surface area contributed by atoms with Crippen molar-refractivity contribution >= 4 is 52.4 Å². The van der Waals surface area contributed by atoms with E-state index in [-0.39, 0.29) is 37.4 Å². The molecule has 15 heteroatoms. The van der Waals surface area contributed by atoms with Crippen molar-refractivity contribution in [2.75, 3.05) is 32.7 Å². The van der Waals surface area contributed by atoms with Gasteiger partial charge in [0.1, 0.15) is 30.7 Å². The van der Waals surface area contributed by atoms with Gasteiger partial charge in [-0.25, -0.2) is 4.98 Å². The lowest BCUT2D eigenvalue weighted by Gasteiger charge is -2.34. The van der Waals surface area contributed by atoms with Crippen molar-refractivity contribution in [3.8, 4) is 0 Å². The number of nitrogens with one attached hydrogen (secondary N) is 2. The number of carboxylic acid groups (broad SMARTS) is 1. The molecule has 2 saturated heterocycles. The molecule has 2 fully saturated rings. The van der Waals surface area contributed by atoms with Crippen molar-refractivity contribution in [3.63, 3.8) is 0 Å². The topological polar surface area (TPSA) is 200 Å². The quantitative estimate of drug-likeness (QED) is 0.213. The molecule has 0 spiro atoms. The number of rotatable bonds is 12. The van der Waals surface area contributed by atoms with Gasteiger partial charge in [0.05, 0.1) is 6.04 Å². The molecule has 1 aromatic carbocycles. The Kier molecular flexibility index (Phi) is 10.2. The first kappa shape index (κ1) is 33.1. The second-order valence-corrected chi connectivity index (χ2v) is 11.9. The van der Waals surface area contributed by atoms with Crippen LogP contribution in [-0.4, -0.2) is 117 Å². The first-order valence-electron chi connectivity index (χ1n) is 14.9. The number of aliphatic carboxylic acids is 1. The fourth-order valence-corrected chi connectivity index (χ4v) is 5.46. The fourth-order valence-electron chi connectivity index (χ4n) is 5.46. The van der Waals surface area contributed by atoms with Gasteiger partial charge in [0.25, 0.3) is 5.89 Å². The summed E-state index contributed by atoms with van der Waals surface area (Å²) < 4.78 is 5.62. The summed E-state index contributed by atoms with van der Waals surface area (Å²) in [5.41, 5.74) is 0.959.